The van der Waals surface area contributed by atoms with Crippen LogP contribution in [0.3, 0.4) is 0 Å². The summed E-state index contributed by atoms with van der Waals surface area (Å²) in [6.07, 6.45) is 1.04. The van der Waals surface area contributed by atoms with Crippen molar-refractivity contribution in [3.8, 4) is 0 Å². The van der Waals surface area contributed by atoms with Crippen molar-refractivity contribution in [1.29, 1.82) is 0 Å². The summed E-state index contributed by atoms with van der Waals surface area (Å²) in [7, 11) is -9.63. The highest BCUT2D eigenvalue weighted by molar-refractivity contribution is 7.50. The fraction of sp³-hybridized carbons (Fsp3) is 0.737. The normalized spacial score (nSPS) is 30.5. The van der Waals surface area contributed by atoms with Crippen molar-refractivity contribution in [3.05, 3.63) is 12.7 Å². The van der Waals surface area contributed by atoms with Crippen LogP contribution in [0.1, 0.15) is 6.23 Å². The van der Waals surface area contributed by atoms with Crippen LogP contribution < -0.4 is 4.98 Å². The molecule has 0 spiro atoms. The zero-order valence-electron chi connectivity index (χ0n) is 21.4. The summed E-state index contributed by atoms with van der Waals surface area (Å²) in [6.45, 7) is 18.8. The molecule has 2 saturated heterocycles. The number of aromatic nitrogens is 4. The third kappa shape index (κ3) is 5.87. The Balaban J connectivity index is 1.70. The SMILES string of the molecule is C[Si](C)(C)Nc1ncnc2c1ncn2C1OC2COP(=O)(O[Si](C)(C)C)OC2C1O[Si](C)(C)C. The first kappa shape index (κ1) is 26.1. The predicted octanol–water partition coefficient (Wildman–Crippen LogP) is 4.57. The average molecular weight is 546 g/mol. The lowest BCUT2D eigenvalue weighted by molar-refractivity contribution is -0.0655. The number of nitrogens with one attached hydrogen (secondary N) is 1. The number of anilines is 1. The number of hydrogen-bond acceptors (Lipinski definition) is 10. The molecule has 11 nitrogen and oxygen atoms in total. The summed E-state index contributed by atoms with van der Waals surface area (Å²) < 4.78 is 45.5. The maximum atomic E-state index is 13.3. The van der Waals surface area contributed by atoms with Gasteiger partial charge in [0.2, 0.25) is 0 Å². The van der Waals surface area contributed by atoms with Crippen molar-refractivity contribution in [2.45, 2.75) is 83.5 Å². The van der Waals surface area contributed by atoms with Gasteiger partial charge in [-0.15, -0.1) is 0 Å². The first-order valence-corrected chi connectivity index (χ1v) is 23.2. The number of ether oxygens (including phenoxy) is 1. The van der Waals surface area contributed by atoms with Gasteiger partial charge in [-0.05, 0) is 39.3 Å². The molecule has 4 heterocycles. The molecule has 2 aliphatic rings. The Morgan fingerprint density at radius 2 is 1.76 bits per heavy atom. The number of hydrogen-bond donors (Lipinski definition) is 1. The number of rotatable bonds is 7. The maximum Gasteiger partial charge on any atom is 0.465 e. The number of nitrogens with zero attached hydrogens (tertiary/aromatic N) is 4. The molecule has 0 amide bonds. The standard InChI is InChI=1S/C19H36N5O6PSi3/c1-32(2,3)23-17-14-18(21-11-20-17)24(12-22-14)19-16(29-33(4,5)6)15-13(27-19)10-26-31(25,28-15)30-34(7,8)9/h11-13,15-16,19H,10H2,1-9H3,(H,20,21,23). The van der Waals surface area contributed by atoms with Crippen LogP contribution in [0.4, 0.5) is 5.82 Å². The van der Waals surface area contributed by atoms with Crippen LogP contribution in [0.5, 0.6) is 0 Å². The van der Waals surface area contributed by atoms with Crippen LogP contribution in [-0.4, -0.2) is 69.3 Å². The minimum atomic E-state index is -3.73. The van der Waals surface area contributed by atoms with Crippen molar-refractivity contribution in [2.24, 2.45) is 0 Å². The maximum absolute atomic E-state index is 13.3. The van der Waals surface area contributed by atoms with Crippen molar-refractivity contribution >= 4 is 49.7 Å². The van der Waals surface area contributed by atoms with E-state index in [0.717, 1.165) is 0 Å². The molecule has 0 radical (unpaired) electrons. The summed E-state index contributed by atoms with van der Waals surface area (Å²) in [5, 5.41) is 0. The average Bonchev–Trinajstić information content (AvgIpc) is 3.20. The lowest BCUT2D eigenvalue weighted by atomic mass is 10.1. The van der Waals surface area contributed by atoms with E-state index in [2.05, 4.69) is 59.2 Å². The molecule has 0 aliphatic carbocycles. The minimum Gasteiger partial charge on any atom is -0.407 e. The van der Waals surface area contributed by atoms with Crippen molar-refractivity contribution in [3.63, 3.8) is 0 Å². The Bertz CT molecular complexity index is 1100. The highest BCUT2D eigenvalue weighted by atomic mass is 31.2. The summed E-state index contributed by atoms with van der Waals surface area (Å²) in [5.74, 6) is 0.702. The summed E-state index contributed by atoms with van der Waals surface area (Å²) in [4.78, 5) is 17.0. The number of phosphoric acid groups is 1. The molecule has 2 aromatic heterocycles. The second-order valence-corrected chi connectivity index (χ2v) is 27.2. The molecule has 190 valence electrons. The minimum absolute atomic E-state index is 0.0958. The van der Waals surface area contributed by atoms with Crippen molar-refractivity contribution in [2.75, 3.05) is 11.6 Å². The Morgan fingerprint density at radius 1 is 1.06 bits per heavy atom. The van der Waals surface area contributed by atoms with Gasteiger partial charge in [-0.2, -0.15) is 0 Å². The van der Waals surface area contributed by atoms with Crippen molar-refractivity contribution < 1.29 is 27.0 Å². The Morgan fingerprint density at radius 3 is 2.38 bits per heavy atom. The fourth-order valence-corrected chi connectivity index (χ4v) is 9.91. The van der Waals surface area contributed by atoms with Crippen LogP contribution in [0, 0.1) is 0 Å². The predicted molar refractivity (Wildman–Crippen MR) is 137 cm³/mol. The van der Waals surface area contributed by atoms with Gasteiger partial charge in [0.1, 0.15) is 44.2 Å². The van der Waals surface area contributed by atoms with Gasteiger partial charge in [-0.1, -0.05) is 19.6 Å². The first-order chi connectivity index (χ1) is 15.5. The highest BCUT2D eigenvalue weighted by Crippen LogP contribution is 2.58. The molecule has 34 heavy (non-hydrogen) atoms. The third-order valence-electron chi connectivity index (χ3n) is 4.93. The number of phosphoric ester groups is 1. The van der Waals surface area contributed by atoms with E-state index < -0.39 is 57.2 Å². The summed E-state index contributed by atoms with van der Waals surface area (Å²) in [6, 6.07) is 0. The van der Waals surface area contributed by atoms with Crippen LogP contribution in [0.25, 0.3) is 11.2 Å². The van der Waals surface area contributed by atoms with E-state index in [0.29, 0.717) is 17.0 Å². The van der Waals surface area contributed by atoms with Gasteiger partial charge in [0.05, 0.1) is 12.9 Å². The van der Waals surface area contributed by atoms with Gasteiger partial charge in [0.15, 0.2) is 28.5 Å². The summed E-state index contributed by atoms with van der Waals surface area (Å²) in [5.41, 5.74) is 1.30. The fourth-order valence-electron chi connectivity index (χ4n) is 3.94. The first-order valence-electron chi connectivity index (χ1n) is 11.5. The Labute approximate surface area is 203 Å². The van der Waals surface area contributed by atoms with E-state index in [9.17, 15) is 4.57 Å². The quantitative estimate of drug-likeness (QED) is 0.391. The largest absolute Gasteiger partial charge is 0.465 e. The molecule has 2 fully saturated rings. The van der Waals surface area contributed by atoms with E-state index >= 15 is 0 Å². The summed E-state index contributed by atoms with van der Waals surface area (Å²) >= 11 is 0. The van der Waals surface area contributed by atoms with E-state index in [1.807, 2.05) is 24.2 Å². The lowest BCUT2D eigenvalue weighted by Crippen LogP contribution is -2.46. The Kier molecular flexibility index (Phi) is 6.80. The molecular formula is C19H36N5O6PSi3. The van der Waals surface area contributed by atoms with Gasteiger partial charge < -0.3 is 18.4 Å². The molecule has 2 aliphatic heterocycles. The lowest BCUT2D eigenvalue weighted by Gasteiger charge is -2.36. The van der Waals surface area contributed by atoms with E-state index in [1.54, 1.807) is 6.33 Å². The second-order valence-electron chi connectivity index (χ2n) is 11.7. The molecule has 0 bridgehead atoms. The zero-order valence-corrected chi connectivity index (χ0v) is 25.3. The molecule has 5 atom stereocenters. The topological polar surface area (TPSA) is 119 Å². The molecular weight excluding hydrogens is 509 g/mol. The van der Waals surface area contributed by atoms with Crippen LogP contribution in [-0.2, 0) is 27.0 Å². The van der Waals surface area contributed by atoms with E-state index in [4.69, 9.17) is 22.4 Å². The van der Waals surface area contributed by atoms with Gasteiger partial charge in [0, 0.05) is 0 Å². The van der Waals surface area contributed by atoms with Gasteiger partial charge in [-0.3, -0.25) is 13.6 Å². The molecule has 2 aromatic rings. The van der Waals surface area contributed by atoms with Crippen molar-refractivity contribution in [1.82, 2.24) is 19.5 Å². The zero-order chi connectivity index (χ0) is 25.1. The molecule has 1 N–H and O–H groups in total. The van der Waals surface area contributed by atoms with Gasteiger partial charge in [-0.25, -0.2) is 19.5 Å². The smallest absolute Gasteiger partial charge is 0.407 e. The molecule has 0 saturated carbocycles. The van der Waals surface area contributed by atoms with Crippen LogP contribution in [0.15, 0.2) is 12.7 Å². The van der Waals surface area contributed by atoms with E-state index in [-0.39, 0.29) is 6.61 Å². The highest BCUT2D eigenvalue weighted by Gasteiger charge is 2.56. The molecule has 4 rings (SSSR count). The third-order valence-corrected chi connectivity index (χ3v) is 11.0. The van der Waals surface area contributed by atoms with E-state index in [1.165, 1.54) is 6.33 Å². The van der Waals surface area contributed by atoms with Crippen LogP contribution in [0.2, 0.25) is 58.9 Å². The van der Waals surface area contributed by atoms with Gasteiger partial charge >= 0.3 is 7.82 Å². The van der Waals surface area contributed by atoms with Gasteiger partial charge in [0.25, 0.3) is 0 Å². The molecule has 15 heteroatoms. The number of imidazole rings is 1. The number of fused-ring (bicyclic) bond motifs is 2. The molecule has 0 aromatic carbocycles. The second kappa shape index (κ2) is 8.85. The monoisotopic (exact) mass is 545 g/mol. The molecule has 5 unspecified atom stereocenters. The van der Waals surface area contributed by atoms with Crippen LogP contribution >= 0.6 is 7.82 Å². The Hall–Kier alpha value is -0.969.